The van der Waals surface area contributed by atoms with Gasteiger partial charge in [0.15, 0.2) is 0 Å². The molecular formula is C29H37N3O4. The Kier molecular flexibility index (Phi) is 9.36. The Bertz CT molecular complexity index is 992. The minimum absolute atomic E-state index is 0.0502. The summed E-state index contributed by atoms with van der Waals surface area (Å²) in [7, 11) is 0. The molecule has 2 aromatic rings. The predicted molar refractivity (Wildman–Crippen MR) is 138 cm³/mol. The van der Waals surface area contributed by atoms with Gasteiger partial charge >= 0.3 is 6.09 Å². The first-order valence-corrected chi connectivity index (χ1v) is 13.2. The fourth-order valence-corrected chi connectivity index (χ4v) is 5.13. The summed E-state index contributed by atoms with van der Waals surface area (Å²) >= 11 is 0. The SMILES string of the molecule is O=C(NC(Cc1ccccc1)C(=O)N1CCCC(C(=O)NC2CCCCC2)C1)OCc1ccccc1. The van der Waals surface area contributed by atoms with Crippen LogP contribution in [-0.4, -0.2) is 48.0 Å². The van der Waals surface area contributed by atoms with E-state index in [1.165, 1.54) is 6.42 Å². The van der Waals surface area contributed by atoms with Crippen molar-refractivity contribution >= 4 is 17.9 Å². The maximum atomic E-state index is 13.6. The zero-order valence-electron chi connectivity index (χ0n) is 20.9. The van der Waals surface area contributed by atoms with Crippen LogP contribution >= 0.6 is 0 Å². The Labute approximate surface area is 213 Å². The predicted octanol–water partition coefficient (Wildman–Crippen LogP) is 4.21. The standard InChI is InChI=1S/C29H37N3O4/c33-27(30-25-16-8-3-9-17-25)24-15-10-18-32(20-24)28(34)26(19-22-11-4-1-5-12-22)31-29(35)36-21-23-13-6-2-7-14-23/h1-2,4-7,11-14,24-26H,3,8-10,15-21H2,(H,30,33)(H,31,35). The number of nitrogens with one attached hydrogen (secondary N) is 2. The number of ether oxygens (including phenoxy) is 1. The number of hydrogen-bond acceptors (Lipinski definition) is 4. The molecule has 2 atom stereocenters. The van der Waals surface area contributed by atoms with E-state index in [0.717, 1.165) is 49.7 Å². The van der Waals surface area contributed by atoms with Gasteiger partial charge in [0.25, 0.3) is 0 Å². The molecule has 2 N–H and O–H groups in total. The van der Waals surface area contributed by atoms with Gasteiger partial charge in [-0.2, -0.15) is 0 Å². The van der Waals surface area contributed by atoms with E-state index in [4.69, 9.17) is 4.74 Å². The zero-order chi connectivity index (χ0) is 25.2. The smallest absolute Gasteiger partial charge is 0.408 e. The van der Waals surface area contributed by atoms with Crippen LogP contribution in [-0.2, 0) is 27.4 Å². The van der Waals surface area contributed by atoms with Crippen molar-refractivity contribution in [2.24, 2.45) is 5.92 Å². The Hall–Kier alpha value is -3.35. The van der Waals surface area contributed by atoms with Gasteiger partial charge in [-0.1, -0.05) is 79.9 Å². The molecule has 0 aromatic heterocycles. The molecule has 0 bridgehead atoms. The van der Waals surface area contributed by atoms with E-state index in [2.05, 4.69) is 10.6 Å². The first-order chi connectivity index (χ1) is 17.6. The van der Waals surface area contributed by atoms with E-state index in [9.17, 15) is 14.4 Å². The van der Waals surface area contributed by atoms with Crippen LogP contribution in [0.2, 0.25) is 0 Å². The van der Waals surface area contributed by atoms with Gasteiger partial charge in [-0.25, -0.2) is 4.79 Å². The number of carbonyl (C=O) groups excluding carboxylic acids is 3. The van der Waals surface area contributed by atoms with Crippen LogP contribution in [0.1, 0.15) is 56.1 Å². The fraction of sp³-hybridized carbons (Fsp3) is 0.483. The highest BCUT2D eigenvalue weighted by atomic mass is 16.5. The maximum absolute atomic E-state index is 13.6. The number of amides is 3. The molecule has 7 heteroatoms. The van der Waals surface area contributed by atoms with Crippen molar-refractivity contribution < 1.29 is 19.1 Å². The van der Waals surface area contributed by atoms with Crippen molar-refractivity contribution in [1.29, 1.82) is 0 Å². The number of likely N-dealkylation sites (tertiary alicyclic amines) is 1. The second-order valence-electron chi connectivity index (χ2n) is 9.92. The van der Waals surface area contributed by atoms with Crippen LogP contribution in [0.5, 0.6) is 0 Å². The maximum Gasteiger partial charge on any atom is 0.408 e. The van der Waals surface area contributed by atoms with Crippen LogP contribution in [0.25, 0.3) is 0 Å². The van der Waals surface area contributed by atoms with E-state index in [1.807, 2.05) is 60.7 Å². The topological polar surface area (TPSA) is 87.7 Å². The summed E-state index contributed by atoms with van der Waals surface area (Å²) in [6.07, 6.45) is 6.91. The van der Waals surface area contributed by atoms with Crippen LogP contribution in [0, 0.1) is 5.92 Å². The van der Waals surface area contributed by atoms with Gasteiger partial charge < -0.3 is 20.3 Å². The van der Waals surface area contributed by atoms with Crippen LogP contribution in [0.15, 0.2) is 60.7 Å². The number of rotatable bonds is 8. The lowest BCUT2D eigenvalue weighted by Crippen LogP contribution is -2.54. The minimum atomic E-state index is -0.768. The third kappa shape index (κ3) is 7.57. The van der Waals surface area contributed by atoms with Crippen LogP contribution in [0.3, 0.4) is 0 Å². The van der Waals surface area contributed by atoms with E-state index in [-0.39, 0.29) is 30.4 Å². The number of piperidine rings is 1. The molecule has 1 heterocycles. The molecule has 7 nitrogen and oxygen atoms in total. The average molecular weight is 492 g/mol. The monoisotopic (exact) mass is 491 g/mol. The van der Waals surface area contributed by atoms with Crippen molar-refractivity contribution in [2.45, 2.75) is 70.1 Å². The van der Waals surface area contributed by atoms with E-state index >= 15 is 0 Å². The molecule has 4 rings (SSSR count). The molecule has 192 valence electrons. The van der Waals surface area contributed by atoms with Crippen LogP contribution < -0.4 is 10.6 Å². The Morgan fingerprint density at radius 2 is 1.53 bits per heavy atom. The third-order valence-electron chi connectivity index (χ3n) is 7.14. The molecular weight excluding hydrogens is 454 g/mol. The Morgan fingerprint density at radius 3 is 2.22 bits per heavy atom. The quantitative estimate of drug-likeness (QED) is 0.579. The minimum Gasteiger partial charge on any atom is -0.445 e. The van der Waals surface area contributed by atoms with Crippen molar-refractivity contribution in [3.63, 3.8) is 0 Å². The lowest BCUT2D eigenvalue weighted by Gasteiger charge is -2.35. The van der Waals surface area contributed by atoms with Gasteiger partial charge in [0.2, 0.25) is 11.8 Å². The molecule has 0 spiro atoms. The van der Waals surface area contributed by atoms with E-state index in [1.54, 1.807) is 4.90 Å². The number of nitrogens with zero attached hydrogens (tertiary/aromatic N) is 1. The second-order valence-corrected chi connectivity index (χ2v) is 9.92. The van der Waals surface area contributed by atoms with E-state index in [0.29, 0.717) is 19.5 Å². The third-order valence-corrected chi connectivity index (χ3v) is 7.14. The summed E-state index contributed by atoms with van der Waals surface area (Å²) < 4.78 is 5.39. The normalized spacial score (nSPS) is 19.2. The molecule has 2 unspecified atom stereocenters. The van der Waals surface area contributed by atoms with Crippen molar-refractivity contribution in [1.82, 2.24) is 15.5 Å². The molecule has 2 aliphatic rings. The summed E-state index contributed by atoms with van der Waals surface area (Å²) in [5.74, 6) is -0.341. The highest BCUT2D eigenvalue weighted by molar-refractivity contribution is 5.87. The molecule has 0 radical (unpaired) electrons. The molecule has 3 amide bonds. The average Bonchev–Trinajstić information content (AvgIpc) is 2.93. The first-order valence-electron chi connectivity index (χ1n) is 13.2. The highest BCUT2D eigenvalue weighted by Crippen LogP contribution is 2.21. The summed E-state index contributed by atoms with van der Waals surface area (Å²) in [5.41, 5.74) is 1.82. The molecule has 1 saturated carbocycles. The molecule has 1 saturated heterocycles. The molecule has 36 heavy (non-hydrogen) atoms. The number of carbonyl (C=O) groups is 3. The first kappa shape index (κ1) is 25.7. The number of alkyl carbamates (subject to hydrolysis) is 1. The summed E-state index contributed by atoms with van der Waals surface area (Å²) in [6, 6.07) is 18.5. The lowest BCUT2D eigenvalue weighted by molar-refractivity contribution is -0.137. The molecule has 2 aromatic carbocycles. The van der Waals surface area contributed by atoms with Crippen LogP contribution in [0.4, 0.5) is 4.79 Å². The van der Waals surface area contributed by atoms with Crippen molar-refractivity contribution in [3.05, 3.63) is 71.8 Å². The highest BCUT2D eigenvalue weighted by Gasteiger charge is 2.33. The summed E-state index contributed by atoms with van der Waals surface area (Å²) in [4.78, 5) is 40.9. The lowest BCUT2D eigenvalue weighted by atomic mass is 9.92. The summed E-state index contributed by atoms with van der Waals surface area (Å²) in [6.45, 7) is 1.09. The Morgan fingerprint density at radius 1 is 0.861 bits per heavy atom. The number of hydrogen-bond donors (Lipinski definition) is 2. The zero-order valence-corrected chi connectivity index (χ0v) is 20.9. The van der Waals surface area contributed by atoms with Gasteiger partial charge in [0, 0.05) is 25.6 Å². The molecule has 1 aliphatic heterocycles. The van der Waals surface area contributed by atoms with Crippen molar-refractivity contribution in [3.8, 4) is 0 Å². The second kappa shape index (κ2) is 13.1. The van der Waals surface area contributed by atoms with Gasteiger partial charge in [0.1, 0.15) is 12.6 Å². The van der Waals surface area contributed by atoms with Gasteiger partial charge in [0.05, 0.1) is 5.92 Å². The molecule has 2 fully saturated rings. The van der Waals surface area contributed by atoms with E-state index < -0.39 is 12.1 Å². The van der Waals surface area contributed by atoms with Gasteiger partial charge in [-0.3, -0.25) is 9.59 Å². The van der Waals surface area contributed by atoms with Gasteiger partial charge in [-0.15, -0.1) is 0 Å². The molecule has 1 aliphatic carbocycles. The Balaban J connectivity index is 1.38. The number of benzene rings is 2. The fourth-order valence-electron chi connectivity index (χ4n) is 5.13. The summed E-state index contributed by atoms with van der Waals surface area (Å²) in [5, 5.41) is 6.00. The van der Waals surface area contributed by atoms with Crippen molar-refractivity contribution in [2.75, 3.05) is 13.1 Å². The van der Waals surface area contributed by atoms with Gasteiger partial charge in [-0.05, 0) is 36.8 Å². The largest absolute Gasteiger partial charge is 0.445 e.